The van der Waals surface area contributed by atoms with Crippen molar-refractivity contribution in [3.05, 3.63) is 30.3 Å². The average molecular weight is 209 g/mol. The number of hydrogen-bond acceptors (Lipinski definition) is 3. The molecule has 1 aromatic carbocycles. The number of para-hydroxylation sites is 1. The first-order chi connectivity index (χ1) is 6.97. The molecule has 0 saturated carbocycles. The second kappa shape index (κ2) is 4.00. The standard InChI is InChI=1S/C10H11NO4/c1-10(8(11)12,9(13)14)15-7-5-3-2-4-6-7/h2-6H,1H3,(H2,11,12)(H,13,14)/t10-/m0/s1. The molecule has 0 bridgehead atoms. The Morgan fingerprint density at radius 2 is 1.87 bits per heavy atom. The molecule has 0 aliphatic heterocycles. The van der Waals surface area contributed by atoms with Crippen molar-refractivity contribution in [1.29, 1.82) is 0 Å². The number of carboxylic acids is 1. The molecule has 0 aliphatic rings. The van der Waals surface area contributed by atoms with Crippen LogP contribution in [0.15, 0.2) is 30.3 Å². The second-order valence-corrected chi connectivity index (χ2v) is 3.12. The van der Waals surface area contributed by atoms with Crippen LogP contribution >= 0.6 is 0 Å². The van der Waals surface area contributed by atoms with Crippen molar-refractivity contribution in [1.82, 2.24) is 0 Å². The number of amides is 1. The van der Waals surface area contributed by atoms with E-state index < -0.39 is 17.5 Å². The first kappa shape index (κ1) is 11.0. The Bertz CT molecular complexity index is 360. The zero-order chi connectivity index (χ0) is 11.5. The summed E-state index contributed by atoms with van der Waals surface area (Å²) in [6.45, 7) is 1.12. The molecular weight excluding hydrogens is 198 g/mol. The maximum absolute atomic E-state index is 11.0. The van der Waals surface area contributed by atoms with E-state index in [-0.39, 0.29) is 5.75 Å². The van der Waals surface area contributed by atoms with E-state index in [1.165, 1.54) is 0 Å². The number of aliphatic carboxylic acids is 1. The van der Waals surface area contributed by atoms with Gasteiger partial charge >= 0.3 is 5.97 Å². The van der Waals surface area contributed by atoms with Gasteiger partial charge in [-0.15, -0.1) is 0 Å². The number of carbonyl (C=O) groups excluding carboxylic acids is 1. The third kappa shape index (κ3) is 2.25. The molecule has 1 rings (SSSR count). The molecule has 1 amide bonds. The maximum Gasteiger partial charge on any atom is 0.357 e. The molecule has 1 atom stereocenters. The van der Waals surface area contributed by atoms with Crippen LogP contribution in [0.2, 0.25) is 0 Å². The van der Waals surface area contributed by atoms with E-state index in [0.717, 1.165) is 6.92 Å². The highest BCUT2D eigenvalue weighted by Gasteiger charge is 2.42. The summed E-state index contributed by atoms with van der Waals surface area (Å²) in [5.74, 6) is -2.18. The molecule has 3 N–H and O–H groups in total. The van der Waals surface area contributed by atoms with Crippen molar-refractivity contribution in [2.75, 3.05) is 0 Å². The van der Waals surface area contributed by atoms with Gasteiger partial charge in [0.15, 0.2) is 0 Å². The van der Waals surface area contributed by atoms with Crippen LogP contribution < -0.4 is 10.5 Å². The lowest BCUT2D eigenvalue weighted by Gasteiger charge is -2.22. The number of carbonyl (C=O) groups is 2. The van der Waals surface area contributed by atoms with Gasteiger partial charge in [-0.1, -0.05) is 18.2 Å². The third-order valence-electron chi connectivity index (χ3n) is 1.94. The first-order valence-electron chi connectivity index (χ1n) is 4.24. The van der Waals surface area contributed by atoms with E-state index in [0.29, 0.717) is 0 Å². The van der Waals surface area contributed by atoms with Crippen LogP contribution in [0.5, 0.6) is 5.75 Å². The molecule has 80 valence electrons. The Morgan fingerprint density at radius 3 is 2.27 bits per heavy atom. The lowest BCUT2D eigenvalue weighted by Crippen LogP contribution is -2.52. The van der Waals surface area contributed by atoms with E-state index in [1.807, 2.05) is 0 Å². The SMILES string of the molecule is C[C@](Oc1ccccc1)(C(N)=O)C(=O)O. The van der Waals surface area contributed by atoms with Crippen LogP contribution in [0.25, 0.3) is 0 Å². The number of rotatable bonds is 4. The van der Waals surface area contributed by atoms with Gasteiger partial charge in [-0.25, -0.2) is 4.79 Å². The molecule has 0 spiro atoms. The van der Waals surface area contributed by atoms with Crippen molar-refractivity contribution in [2.24, 2.45) is 5.73 Å². The third-order valence-corrected chi connectivity index (χ3v) is 1.94. The van der Waals surface area contributed by atoms with Gasteiger partial charge in [0.05, 0.1) is 0 Å². The topological polar surface area (TPSA) is 89.6 Å². The molecular formula is C10H11NO4. The molecule has 0 aliphatic carbocycles. The van der Waals surface area contributed by atoms with Gasteiger partial charge < -0.3 is 15.6 Å². The zero-order valence-corrected chi connectivity index (χ0v) is 8.14. The van der Waals surface area contributed by atoms with Crippen molar-refractivity contribution >= 4 is 11.9 Å². The number of carboxylic acid groups (broad SMARTS) is 1. The van der Waals surface area contributed by atoms with Gasteiger partial charge in [-0.3, -0.25) is 4.79 Å². The predicted molar refractivity (Wildman–Crippen MR) is 52.3 cm³/mol. The van der Waals surface area contributed by atoms with Crippen molar-refractivity contribution in [2.45, 2.75) is 12.5 Å². The number of ether oxygens (including phenoxy) is 1. The molecule has 5 heteroatoms. The molecule has 0 saturated heterocycles. The van der Waals surface area contributed by atoms with E-state index in [2.05, 4.69) is 0 Å². The van der Waals surface area contributed by atoms with Crippen LogP contribution in [-0.4, -0.2) is 22.6 Å². The minimum Gasteiger partial charge on any atom is -0.478 e. The fraction of sp³-hybridized carbons (Fsp3) is 0.200. The van der Waals surface area contributed by atoms with Gasteiger partial charge in [0.2, 0.25) is 0 Å². The van der Waals surface area contributed by atoms with Crippen molar-refractivity contribution < 1.29 is 19.4 Å². The largest absolute Gasteiger partial charge is 0.478 e. The molecule has 15 heavy (non-hydrogen) atoms. The van der Waals surface area contributed by atoms with E-state index in [1.54, 1.807) is 30.3 Å². The Morgan fingerprint density at radius 1 is 1.33 bits per heavy atom. The number of benzene rings is 1. The second-order valence-electron chi connectivity index (χ2n) is 3.12. The molecule has 0 fully saturated rings. The van der Waals surface area contributed by atoms with Crippen LogP contribution in [0.4, 0.5) is 0 Å². The van der Waals surface area contributed by atoms with E-state index >= 15 is 0 Å². The summed E-state index contributed by atoms with van der Waals surface area (Å²) < 4.78 is 5.05. The van der Waals surface area contributed by atoms with Gasteiger partial charge in [-0.05, 0) is 19.1 Å². The summed E-state index contributed by atoms with van der Waals surface area (Å²) in [6, 6.07) is 8.17. The summed E-state index contributed by atoms with van der Waals surface area (Å²) in [5.41, 5.74) is 2.93. The zero-order valence-electron chi connectivity index (χ0n) is 8.14. The highest BCUT2D eigenvalue weighted by Crippen LogP contribution is 2.17. The van der Waals surface area contributed by atoms with E-state index in [4.69, 9.17) is 15.6 Å². The predicted octanol–water partition coefficient (Wildman–Crippen LogP) is 0.394. The number of hydrogen-bond donors (Lipinski definition) is 2. The lowest BCUT2D eigenvalue weighted by molar-refractivity contribution is -0.159. The number of primary amides is 1. The average Bonchev–Trinajstić information content (AvgIpc) is 2.18. The summed E-state index contributed by atoms with van der Waals surface area (Å²) in [5, 5.41) is 8.84. The van der Waals surface area contributed by atoms with Crippen LogP contribution in [0.1, 0.15) is 6.92 Å². The Balaban J connectivity index is 2.95. The summed E-state index contributed by atoms with van der Waals surface area (Å²) >= 11 is 0. The van der Waals surface area contributed by atoms with Crippen molar-refractivity contribution in [3.8, 4) is 5.75 Å². The van der Waals surface area contributed by atoms with Gasteiger partial charge in [0.1, 0.15) is 5.75 Å². The molecule has 0 aromatic heterocycles. The Labute approximate surface area is 86.5 Å². The monoisotopic (exact) mass is 209 g/mol. The lowest BCUT2D eigenvalue weighted by atomic mass is 10.1. The van der Waals surface area contributed by atoms with Crippen LogP contribution in [0, 0.1) is 0 Å². The van der Waals surface area contributed by atoms with Gasteiger partial charge in [-0.2, -0.15) is 0 Å². The fourth-order valence-electron chi connectivity index (χ4n) is 0.924. The van der Waals surface area contributed by atoms with Gasteiger partial charge in [0.25, 0.3) is 11.5 Å². The Kier molecular flexibility index (Phi) is 2.94. The first-order valence-corrected chi connectivity index (χ1v) is 4.24. The Hall–Kier alpha value is -2.04. The smallest absolute Gasteiger partial charge is 0.357 e. The van der Waals surface area contributed by atoms with Gasteiger partial charge in [0, 0.05) is 0 Å². The molecule has 0 unspecified atom stereocenters. The highest BCUT2D eigenvalue weighted by atomic mass is 16.5. The van der Waals surface area contributed by atoms with Crippen molar-refractivity contribution in [3.63, 3.8) is 0 Å². The molecule has 0 heterocycles. The normalized spacial score (nSPS) is 13.9. The molecule has 5 nitrogen and oxygen atoms in total. The summed E-state index contributed by atoms with van der Waals surface area (Å²) in [7, 11) is 0. The maximum atomic E-state index is 11.0. The fourth-order valence-corrected chi connectivity index (χ4v) is 0.924. The quantitative estimate of drug-likeness (QED) is 0.702. The highest BCUT2D eigenvalue weighted by molar-refractivity contribution is 6.04. The minimum absolute atomic E-state index is 0.279. The summed E-state index contributed by atoms with van der Waals surface area (Å²) in [4.78, 5) is 21.8. The van der Waals surface area contributed by atoms with Crippen LogP contribution in [-0.2, 0) is 9.59 Å². The summed E-state index contributed by atoms with van der Waals surface area (Å²) in [6.07, 6.45) is 0. The molecule has 0 radical (unpaired) electrons. The van der Waals surface area contributed by atoms with E-state index in [9.17, 15) is 9.59 Å². The minimum atomic E-state index is -2.04. The van der Waals surface area contributed by atoms with Crippen LogP contribution in [0.3, 0.4) is 0 Å². The molecule has 1 aromatic rings. The number of nitrogens with two attached hydrogens (primary N) is 1.